The van der Waals surface area contributed by atoms with Gasteiger partial charge in [0.05, 0.1) is 23.8 Å². The van der Waals surface area contributed by atoms with E-state index in [1.807, 2.05) is 0 Å². The lowest BCUT2D eigenvalue weighted by Crippen LogP contribution is -2.58. The smallest absolute Gasteiger partial charge is 0.407 e. The van der Waals surface area contributed by atoms with Crippen LogP contribution in [0.4, 0.5) is 18.0 Å². The molecule has 1 aliphatic heterocycles. The van der Waals surface area contributed by atoms with Crippen LogP contribution in [0.5, 0.6) is 0 Å². The molecule has 44 heavy (non-hydrogen) atoms. The lowest BCUT2D eigenvalue weighted by Gasteiger charge is -2.41. The Morgan fingerprint density at radius 3 is 2.02 bits per heavy atom. The van der Waals surface area contributed by atoms with Crippen LogP contribution in [-0.4, -0.2) is 98.9 Å². The van der Waals surface area contributed by atoms with Gasteiger partial charge in [0, 0.05) is 43.7 Å². The zero-order chi connectivity index (χ0) is 32.9. The van der Waals surface area contributed by atoms with Gasteiger partial charge in [-0.15, -0.1) is 0 Å². The molecule has 0 saturated carbocycles. The number of aromatic carboxylic acids is 2. The Morgan fingerprint density at radius 2 is 1.48 bits per heavy atom. The van der Waals surface area contributed by atoms with E-state index in [2.05, 4.69) is 5.32 Å². The van der Waals surface area contributed by atoms with Crippen LogP contribution < -0.4 is 5.32 Å². The van der Waals surface area contributed by atoms with E-state index >= 15 is 0 Å². The van der Waals surface area contributed by atoms with E-state index in [1.54, 1.807) is 20.8 Å². The Hall–Kier alpha value is -4.66. The first-order chi connectivity index (χ1) is 20.5. The standard InChI is InChI=1S/C29H32F3N3O9/c1-29(2,3)44-28(43)33-19(9-15-10-22(31)23(32)12-21(15)30)11-24(37)35-5-4-34(13-20(35)14-36)25(38)16-6-17(26(39)40)8-18(7-16)27(41)42/h6-8,10,12,19-20,36H,4-5,9,11,13-14H2,1-3H3,(H,33,43)(H,39,40)(H,41,42)/t19-,20-/m1/s1. The van der Waals surface area contributed by atoms with Gasteiger partial charge in [0.2, 0.25) is 5.91 Å². The van der Waals surface area contributed by atoms with Crippen LogP contribution >= 0.6 is 0 Å². The number of halogens is 3. The maximum atomic E-state index is 14.4. The number of aliphatic hydroxyl groups is 1. The van der Waals surface area contributed by atoms with Crippen molar-refractivity contribution in [2.45, 2.75) is 51.3 Å². The van der Waals surface area contributed by atoms with E-state index in [4.69, 9.17) is 4.74 Å². The monoisotopic (exact) mass is 623 g/mol. The van der Waals surface area contributed by atoms with Crippen LogP contribution in [-0.2, 0) is 16.0 Å². The Labute approximate surface area is 250 Å². The number of carbonyl (C=O) groups is 5. The van der Waals surface area contributed by atoms with Crippen LogP contribution in [0.15, 0.2) is 30.3 Å². The summed E-state index contributed by atoms with van der Waals surface area (Å²) in [5.41, 5.74) is -2.28. The zero-order valence-electron chi connectivity index (χ0n) is 24.1. The number of aliphatic hydroxyl groups excluding tert-OH is 1. The quantitative estimate of drug-likeness (QED) is 0.306. The van der Waals surface area contributed by atoms with Gasteiger partial charge in [-0.05, 0) is 57.0 Å². The largest absolute Gasteiger partial charge is 0.478 e. The number of benzene rings is 2. The molecule has 2 atom stereocenters. The van der Waals surface area contributed by atoms with Crippen molar-refractivity contribution >= 4 is 29.8 Å². The molecule has 1 fully saturated rings. The highest BCUT2D eigenvalue weighted by Gasteiger charge is 2.34. The molecule has 238 valence electrons. The lowest BCUT2D eigenvalue weighted by molar-refractivity contribution is -0.137. The first kappa shape index (κ1) is 33.8. The van der Waals surface area contributed by atoms with Crippen molar-refractivity contribution in [3.05, 3.63) is 70.0 Å². The molecule has 0 radical (unpaired) electrons. The fraction of sp³-hybridized carbons (Fsp3) is 0.414. The Morgan fingerprint density at radius 1 is 0.909 bits per heavy atom. The fourth-order valence-electron chi connectivity index (χ4n) is 4.67. The molecule has 1 aliphatic rings. The minimum absolute atomic E-state index is 0.0806. The molecule has 1 saturated heterocycles. The summed E-state index contributed by atoms with van der Waals surface area (Å²) < 4.78 is 47.0. The first-order valence-electron chi connectivity index (χ1n) is 13.4. The number of carbonyl (C=O) groups excluding carboxylic acids is 3. The number of carboxylic acids is 2. The summed E-state index contributed by atoms with van der Waals surface area (Å²) in [6.45, 7) is 3.77. The normalized spacial score (nSPS) is 15.8. The molecule has 12 nitrogen and oxygen atoms in total. The van der Waals surface area contributed by atoms with Crippen molar-refractivity contribution in [1.82, 2.24) is 15.1 Å². The number of hydrogen-bond donors (Lipinski definition) is 4. The summed E-state index contributed by atoms with van der Waals surface area (Å²) in [5, 5.41) is 31.1. The molecule has 0 bridgehead atoms. The van der Waals surface area contributed by atoms with Gasteiger partial charge in [-0.25, -0.2) is 27.6 Å². The number of rotatable bonds is 9. The topological polar surface area (TPSA) is 174 Å². The zero-order valence-corrected chi connectivity index (χ0v) is 24.1. The van der Waals surface area contributed by atoms with Gasteiger partial charge in [-0.3, -0.25) is 9.59 Å². The van der Waals surface area contributed by atoms with Crippen molar-refractivity contribution in [3.8, 4) is 0 Å². The predicted octanol–water partition coefficient (Wildman–Crippen LogP) is 2.67. The molecule has 2 aromatic carbocycles. The number of piperazine rings is 1. The van der Waals surface area contributed by atoms with Gasteiger partial charge in [-0.2, -0.15) is 0 Å². The molecule has 1 heterocycles. The molecular weight excluding hydrogens is 591 g/mol. The fourth-order valence-corrected chi connectivity index (χ4v) is 4.67. The minimum Gasteiger partial charge on any atom is -0.478 e. The molecule has 3 rings (SSSR count). The number of carboxylic acid groups (broad SMARTS) is 2. The molecule has 3 amide bonds. The van der Waals surface area contributed by atoms with Crippen molar-refractivity contribution in [2.24, 2.45) is 0 Å². The third-order valence-corrected chi connectivity index (χ3v) is 6.67. The summed E-state index contributed by atoms with van der Waals surface area (Å²) in [6, 6.07) is 1.81. The molecule has 0 aliphatic carbocycles. The second-order valence-corrected chi connectivity index (χ2v) is 11.2. The van der Waals surface area contributed by atoms with E-state index in [1.165, 1.54) is 9.80 Å². The molecule has 0 aromatic heterocycles. The van der Waals surface area contributed by atoms with E-state index in [9.17, 15) is 52.5 Å². The highest BCUT2D eigenvalue weighted by molar-refractivity contribution is 6.01. The van der Waals surface area contributed by atoms with Crippen molar-refractivity contribution in [2.75, 3.05) is 26.2 Å². The van der Waals surface area contributed by atoms with Crippen LogP contribution in [0.1, 0.15) is 63.8 Å². The summed E-state index contributed by atoms with van der Waals surface area (Å²) >= 11 is 0. The van der Waals surface area contributed by atoms with Crippen LogP contribution in [0.3, 0.4) is 0 Å². The third kappa shape index (κ3) is 8.69. The van der Waals surface area contributed by atoms with E-state index in [0.717, 1.165) is 18.2 Å². The second-order valence-electron chi connectivity index (χ2n) is 11.2. The SMILES string of the molecule is CC(C)(C)OC(=O)N[C@@H](CC(=O)N1CCN(C(=O)c2cc(C(=O)O)cc(C(=O)O)c2)C[C@@H]1CO)Cc1cc(F)c(F)cc1F. The predicted molar refractivity (Wildman–Crippen MR) is 147 cm³/mol. The number of ether oxygens (including phenoxy) is 1. The van der Waals surface area contributed by atoms with Crippen LogP contribution in [0.2, 0.25) is 0 Å². The van der Waals surface area contributed by atoms with Gasteiger partial charge >= 0.3 is 18.0 Å². The van der Waals surface area contributed by atoms with Crippen molar-refractivity contribution in [1.29, 1.82) is 0 Å². The average Bonchev–Trinajstić information content (AvgIpc) is 2.93. The van der Waals surface area contributed by atoms with Gasteiger partial charge in [-0.1, -0.05) is 0 Å². The lowest BCUT2D eigenvalue weighted by atomic mass is 10.0. The van der Waals surface area contributed by atoms with Gasteiger partial charge in [0.15, 0.2) is 11.6 Å². The molecule has 0 spiro atoms. The summed E-state index contributed by atoms with van der Waals surface area (Å²) in [5.74, 6) is -8.06. The third-order valence-electron chi connectivity index (χ3n) is 6.67. The van der Waals surface area contributed by atoms with Gasteiger partial charge in [0.25, 0.3) is 5.91 Å². The summed E-state index contributed by atoms with van der Waals surface area (Å²) in [7, 11) is 0. The number of alkyl carbamates (subject to hydrolysis) is 1. The Balaban J connectivity index is 1.79. The van der Waals surface area contributed by atoms with Crippen molar-refractivity contribution < 1.29 is 57.2 Å². The van der Waals surface area contributed by atoms with E-state index < -0.39 is 95.6 Å². The van der Waals surface area contributed by atoms with Gasteiger partial charge < -0.3 is 35.2 Å². The molecule has 2 aromatic rings. The summed E-state index contributed by atoms with van der Waals surface area (Å²) in [4.78, 5) is 64.4. The van der Waals surface area contributed by atoms with Gasteiger partial charge in [0.1, 0.15) is 11.4 Å². The minimum atomic E-state index is -1.44. The molecule has 0 unspecified atom stereocenters. The highest BCUT2D eigenvalue weighted by Crippen LogP contribution is 2.21. The van der Waals surface area contributed by atoms with Crippen molar-refractivity contribution in [3.63, 3.8) is 0 Å². The maximum absolute atomic E-state index is 14.4. The maximum Gasteiger partial charge on any atom is 0.407 e. The summed E-state index contributed by atoms with van der Waals surface area (Å²) in [6.07, 6.45) is -1.83. The molecule has 15 heteroatoms. The highest BCUT2D eigenvalue weighted by atomic mass is 19.2. The number of nitrogens with one attached hydrogen (secondary N) is 1. The molecule has 4 N–H and O–H groups in total. The number of nitrogens with zero attached hydrogens (tertiary/aromatic N) is 2. The average molecular weight is 624 g/mol. The van der Waals surface area contributed by atoms with E-state index in [0.29, 0.717) is 12.1 Å². The first-order valence-corrected chi connectivity index (χ1v) is 13.4. The second kappa shape index (κ2) is 13.8. The molecular formula is C29H32F3N3O9. The van der Waals surface area contributed by atoms with Crippen LogP contribution in [0, 0.1) is 17.5 Å². The number of amides is 3. The Bertz CT molecular complexity index is 1430. The Kier molecular flexibility index (Phi) is 10.6. The van der Waals surface area contributed by atoms with E-state index in [-0.39, 0.29) is 30.8 Å². The van der Waals surface area contributed by atoms with Crippen LogP contribution in [0.25, 0.3) is 0 Å². The number of hydrogen-bond acceptors (Lipinski definition) is 7.